The lowest BCUT2D eigenvalue weighted by molar-refractivity contribution is -0.00603. The number of epoxide rings is 1. The highest BCUT2D eigenvalue weighted by Gasteiger charge is 2.29. The van der Waals surface area contributed by atoms with E-state index in [1.807, 2.05) is 30.4 Å². The molecule has 0 aliphatic carbocycles. The van der Waals surface area contributed by atoms with Crippen LogP contribution in [0.25, 0.3) is 0 Å². The van der Waals surface area contributed by atoms with Gasteiger partial charge in [-0.3, -0.25) is 0 Å². The number of ether oxygens (including phenoxy) is 2. The van der Waals surface area contributed by atoms with Crippen LogP contribution in [-0.4, -0.2) is 19.3 Å². The van der Waals surface area contributed by atoms with Crippen LogP contribution in [-0.2, 0) is 15.1 Å². The summed E-state index contributed by atoms with van der Waals surface area (Å²) in [5, 5.41) is 0. The first-order valence-electron chi connectivity index (χ1n) is 5.86. The molecule has 17 heavy (non-hydrogen) atoms. The fourth-order valence-electron chi connectivity index (χ4n) is 1.68. The Kier molecular flexibility index (Phi) is 3.77. The monoisotopic (exact) mass is 230 g/mol. The molecule has 0 bridgehead atoms. The van der Waals surface area contributed by atoms with Gasteiger partial charge in [0.1, 0.15) is 11.7 Å². The Morgan fingerprint density at radius 1 is 1.47 bits per heavy atom. The summed E-state index contributed by atoms with van der Waals surface area (Å²) < 4.78 is 11.2. The lowest BCUT2D eigenvalue weighted by atomic mass is 9.95. The first-order valence-corrected chi connectivity index (χ1v) is 5.86. The van der Waals surface area contributed by atoms with Crippen LogP contribution in [0.2, 0.25) is 0 Å². The number of allylic oxidation sites excluding steroid dienone is 2. The maximum atomic E-state index is 5.98. The maximum Gasteiger partial charge on any atom is 0.109 e. The molecule has 0 N–H and O–H groups in total. The summed E-state index contributed by atoms with van der Waals surface area (Å²) in [6.45, 7) is 7.21. The zero-order valence-electron chi connectivity index (χ0n) is 10.1. The number of hydrogen-bond donors (Lipinski definition) is 0. The molecule has 2 nitrogen and oxygen atoms in total. The SMILES string of the molecule is C=CC=CC(C)(OCC1CO1)c1ccccc1. The molecule has 1 aliphatic heterocycles. The third-order valence-corrected chi connectivity index (χ3v) is 2.87. The van der Waals surface area contributed by atoms with Gasteiger partial charge in [0.15, 0.2) is 0 Å². The molecule has 1 aromatic carbocycles. The molecule has 1 aromatic rings. The first kappa shape index (κ1) is 12.1. The summed E-state index contributed by atoms with van der Waals surface area (Å²) in [6, 6.07) is 10.2. The van der Waals surface area contributed by atoms with Crippen molar-refractivity contribution in [1.82, 2.24) is 0 Å². The molecule has 1 aliphatic rings. The molecule has 1 saturated heterocycles. The van der Waals surface area contributed by atoms with Crippen LogP contribution in [0.5, 0.6) is 0 Å². The second-order valence-electron chi connectivity index (χ2n) is 4.33. The largest absolute Gasteiger partial charge is 0.371 e. The molecule has 90 valence electrons. The number of rotatable bonds is 6. The number of hydrogen-bond acceptors (Lipinski definition) is 2. The molecule has 0 radical (unpaired) electrons. The predicted octanol–water partition coefficient (Wildman–Crippen LogP) is 3.06. The first-order chi connectivity index (χ1) is 8.24. The Balaban J connectivity index is 2.15. The average Bonchev–Trinajstić information content (AvgIpc) is 3.19. The van der Waals surface area contributed by atoms with E-state index < -0.39 is 5.60 Å². The Morgan fingerprint density at radius 3 is 2.76 bits per heavy atom. The van der Waals surface area contributed by atoms with E-state index in [1.54, 1.807) is 6.08 Å². The minimum atomic E-state index is -0.415. The molecule has 0 saturated carbocycles. The van der Waals surface area contributed by atoms with Gasteiger partial charge in [-0.25, -0.2) is 0 Å². The second-order valence-corrected chi connectivity index (χ2v) is 4.33. The molecule has 0 spiro atoms. The third kappa shape index (κ3) is 3.29. The van der Waals surface area contributed by atoms with Crippen molar-refractivity contribution in [3.8, 4) is 0 Å². The molecular formula is C15H18O2. The van der Waals surface area contributed by atoms with Gasteiger partial charge in [0.2, 0.25) is 0 Å². The Labute approximate surface area is 103 Å². The topological polar surface area (TPSA) is 21.8 Å². The Bertz CT molecular complexity index is 393. The van der Waals surface area contributed by atoms with Gasteiger partial charge in [0.05, 0.1) is 13.2 Å². The molecule has 2 heteroatoms. The summed E-state index contributed by atoms with van der Waals surface area (Å²) in [5.41, 5.74) is 0.722. The van der Waals surface area contributed by atoms with Gasteiger partial charge in [-0.05, 0) is 18.6 Å². The summed E-state index contributed by atoms with van der Waals surface area (Å²) >= 11 is 0. The van der Waals surface area contributed by atoms with Crippen molar-refractivity contribution in [3.63, 3.8) is 0 Å². The standard InChI is InChI=1S/C15H18O2/c1-3-4-10-15(2,17-12-14-11-16-14)13-8-6-5-7-9-13/h3-10,14H,1,11-12H2,2H3. The van der Waals surface area contributed by atoms with Crippen LogP contribution in [0.4, 0.5) is 0 Å². The average molecular weight is 230 g/mol. The van der Waals surface area contributed by atoms with E-state index in [2.05, 4.69) is 25.6 Å². The van der Waals surface area contributed by atoms with Crippen LogP contribution in [0.15, 0.2) is 55.1 Å². The quantitative estimate of drug-likeness (QED) is 0.553. The fraction of sp³-hybridized carbons (Fsp3) is 0.333. The van der Waals surface area contributed by atoms with E-state index in [-0.39, 0.29) is 6.10 Å². The molecule has 2 atom stereocenters. The van der Waals surface area contributed by atoms with Gasteiger partial charge in [0, 0.05) is 0 Å². The molecule has 0 aromatic heterocycles. The van der Waals surface area contributed by atoms with Crippen LogP contribution < -0.4 is 0 Å². The molecule has 1 heterocycles. The van der Waals surface area contributed by atoms with Gasteiger partial charge in [-0.1, -0.05) is 49.1 Å². The molecule has 2 rings (SSSR count). The highest BCUT2D eigenvalue weighted by molar-refractivity contribution is 5.27. The maximum absolute atomic E-state index is 5.98. The van der Waals surface area contributed by atoms with Crippen molar-refractivity contribution in [2.75, 3.05) is 13.2 Å². The number of benzene rings is 1. The second kappa shape index (κ2) is 5.30. The predicted molar refractivity (Wildman–Crippen MR) is 68.8 cm³/mol. The summed E-state index contributed by atoms with van der Waals surface area (Å²) in [5.74, 6) is 0. The zero-order valence-corrected chi connectivity index (χ0v) is 10.1. The molecular weight excluding hydrogens is 212 g/mol. The fourth-order valence-corrected chi connectivity index (χ4v) is 1.68. The Morgan fingerprint density at radius 2 is 2.18 bits per heavy atom. The van der Waals surface area contributed by atoms with E-state index in [0.717, 1.165) is 12.2 Å². The van der Waals surface area contributed by atoms with E-state index in [4.69, 9.17) is 9.47 Å². The van der Waals surface area contributed by atoms with Crippen molar-refractivity contribution in [2.24, 2.45) is 0 Å². The van der Waals surface area contributed by atoms with Gasteiger partial charge in [-0.15, -0.1) is 0 Å². The summed E-state index contributed by atoms with van der Waals surface area (Å²) in [6.07, 6.45) is 5.98. The van der Waals surface area contributed by atoms with E-state index >= 15 is 0 Å². The van der Waals surface area contributed by atoms with E-state index in [9.17, 15) is 0 Å². The lowest BCUT2D eigenvalue weighted by Crippen LogP contribution is -2.25. The van der Waals surface area contributed by atoms with Crippen molar-refractivity contribution >= 4 is 0 Å². The minimum Gasteiger partial charge on any atom is -0.371 e. The van der Waals surface area contributed by atoms with Crippen molar-refractivity contribution in [2.45, 2.75) is 18.6 Å². The summed E-state index contributed by atoms with van der Waals surface area (Å²) in [4.78, 5) is 0. The highest BCUT2D eigenvalue weighted by atomic mass is 16.6. The highest BCUT2D eigenvalue weighted by Crippen LogP contribution is 2.28. The van der Waals surface area contributed by atoms with E-state index in [0.29, 0.717) is 6.61 Å². The molecule has 2 unspecified atom stereocenters. The third-order valence-electron chi connectivity index (χ3n) is 2.87. The molecule has 1 fully saturated rings. The minimum absolute atomic E-state index is 0.273. The van der Waals surface area contributed by atoms with Crippen molar-refractivity contribution < 1.29 is 9.47 Å². The smallest absolute Gasteiger partial charge is 0.109 e. The van der Waals surface area contributed by atoms with Gasteiger partial charge < -0.3 is 9.47 Å². The van der Waals surface area contributed by atoms with Crippen molar-refractivity contribution in [3.05, 3.63) is 60.7 Å². The van der Waals surface area contributed by atoms with Crippen LogP contribution >= 0.6 is 0 Å². The van der Waals surface area contributed by atoms with Crippen LogP contribution in [0.1, 0.15) is 12.5 Å². The van der Waals surface area contributed by atoms with Gasteiger partial charge in [-0.2, -0.15) is 0 Å². The zero-order chi connectivity index (χ0) is 12.1. The van der Waals surface area contributed by atoms with Gasteiger partial charge in [0.25, 0.3) is 0 Å². The van der Waals surface area contributed by atoms with Crippen molar-refractivity contribution in [1.29, 1.82) is 0 Å². The Hall–Kier alpha value is -1.38. The molecule has 0 amide bonds. The summed E-state index contributed by atoms with van der Waals surface area (Å²) in [7, 11) is 0. The van der Waals surface area contributed by atoms with Crippen LogP contribution in [0, 0.1) is 0 Å². The van der Waals surface area contributed by atoms with E-state index in [1.165, 1.54) is 0 Å². The van der Waals surface area contributed by atoms with Crippen LogP contribution in [0.3, 0.4) is 0 Å². The normalized spacial score (nSPS) is 22.3. The van der Waals surface area contributed by atoms with Gasteiger partial charge >= 0.3 is 0 Å². The lowest BCUT2D eigenvalue weighted by Gasteiger charge is -2.27.